The van der Waals surface area contributed by atoms with Crippen LogP contribution in [0.1, 0.15) is 0 Å². The van der Waals surface area contributed by atoms with Gasteiger partial charge in [-0.05, 0) is 17.5 Å². The van der Waals surface area contributed by atoms with Crippen molar-refractivity contribution < 1.29 is 12.7 Å². The van der Waals surface area contributed by atoms with Crippen LogP contribution in [0, 0.1) is 6.07 Å². The SMILES string of the molecule is CN(O[SH](=O)=O)c1cc[c]c2ccccc12. The molecule has 0 N–H and O–H groups in total. The maximum atomic E-state index is 10.5. The minimum Gasteiger partial charge on any atom is -0.239 e. The van der Waals surface area contributed by atoms with Crippen LogP contribution >= 0.6 is 0 Å². The molecule has 0 spiro atoms. The molecule has 1 radical (unpaired) electrons. The first-order valence-corrected chi connectivity index (χ1v) is 5.73. The fraction of sp³-hybridized carbons (Fsp3) is 0.0909. The van der Waals surface area contributed by atoms with Gasteiger partial charge in [-0.25, -0.2) is 13.5 Å². The third kappa shape index (κ3) is 2.15. The van der Waals surface area contributed by atoms with Gasteiger partial charge in [0.1, 0.15) is 0 Å². The Kier molecular flexibility index (Phi) is 3.07. The van der Waals surface area contributed by atoms with E-state index in [1.54, 1.807) is 19.2 Å². The lowest BCUT2D eigenvalue weighted by molar-refractivity contribution is 0.321. The molecule has 5 heteroatoms. The lowest BCUT2D eigenvalue weighted by Gasteiger charge is -2.16. The number of hydroxylamine groups is 1. The second kappa shape index (κ2) is 4.51. The van der Waals surface area contributed by atoms with E-state index in [9.17, 15) is 8.42 Å². The van der Waals surface area contributed by atoms with E-state index in [0.717, 1.165) is 10.8 Å². The van der Waals surface area contributed by atoms with Gasteiger partial charge in [-0.2, -0.15) is 4.28 Å². The summed E-state index contributed by atoms with van der Waals surface area (Å²) >= 11 is 0. The second-order valence-corrected chi connectivity index (χ2v) is 3.82. The smallest absolute Gasteiger partial charge is 0.239 e. The number of rotatable bonds is 3. The van der Waals surface area contributed by atoms with Crippen molar-refractivity contribution in [1.29, 1.82) is 0 Å². The molecule has 0 aliphatic rings. The van der Waals surface area contributed by atoms with Crippen LogP contribution < -0.4 is 5.06 Å². The molecule has 2 aromatic carbocycles. The molecule has 16 heavy (non-hydrogen) atoms. The van der Waals surface area contributed by atoms with Crippen LogP contribution in [-0.2, 0) is 15.3 Å². The number of fused-ring (bicyclic) bond motifs is 1. The standard InChI is InChI=1S/C11H10NO3S/c1-12(15-16(13)14)11-8-4-6-9-5-2-3-7-10(9)11/h2-5,7-8,16H,1H3. The third-order valence-electron chi connectivity index (χ3n) is 2.21. The van der Waals surface area contributed by atoms with Crippen molar-refractivity contribution in [2.24, 2.45) is 0 Å². The maximum Gasteiger partial charge on any atom is 0.277 e. The Hall–Kier alpha value is -1.59. The quantitative estimate of drug-likeness (QED) is 0.648. The van der Waals surface area contributed by atoms with Crippen molar-refractivity contribution in [1.82, 2.24) is 0 Å². The number of hydrogen-bond donors (Lipinski definition) is 1. The highest BCUT2D eigenvalue weighted by atomic mass is 32.2. The second-order valence-electron chi connectivity index (χ2n) is 3.21. The monoisotopic (exact) mass is 236 g/mol. The fourth-order valence-corrected chi connectivity index (χ4v) is 1.84. The van der Waals surface area contributed by atoms with Crippen LogP contribution in [0.25, 0.3) is 10.8 Å². The van der Waals surface area contributed by atoms with E-state index >= 15 is 0 Å². The lowest BCUT2D eigenvalue weighted by atomic mass is 10.1. The van der Waals surface area contributed by atoms with E-state index in [4.69, 9.17) is 0 Å². The Morgan fingerprint density at radius 3 is 2.75 bits per heavy atom. The number of thiol groups is 1. The summed E-state index contributed by atoms with van der Waals surface area (Å²) in [6, 6.07) is 14.1. The summed E-state index contributed by atoms with van der Waals surface area (Å²) in [5.74, 6) is 0. The van der Waals surface area contributed by atoms with E-state index in [0.29, 0.717) is 5.69 Å². The van der Waals surface area contributed by atoms with Gasteiger partial charge in [-0.3, -0.25) is 0 Å². The summed E-state index contributed by atoms with van der Waals surface area (Å²) in [7, 11) is -1.35. The molecule has 0 atom stereocenters. The molecule has 0 saturated carbocycles. The summed E-state index contributed by atoms with van der Waals surface area (Å²) in [5.41, 5.74) is 0.688. The molecule has 0 aliphatic carbocycles. The minimum atomic E-state index is -2.90. The maximum absolute atomic E-state index is 10.5. The molecule has 2 rings (SSSR count). The molecule has 83 valence electrons. The van der Waals surface area contributed by atoms with Crippen LogP contribution in [0.2, 0.25) is 0 Å². The molecule has 0 aliphatic heterocycles. The molecule has 4 nitrogen and oxygen atoms in total. The number of hydrogen-bond acceptors (Lipinski definition) is 4. The summed E-state index contributed by atoms with van der Waals surface area (Å²) in [6.07, 6.45) is 0. The Balaban J connectivity index is 2.51. The summed E-state index contributed by atoms with van der Waals surface area (Å²) in [5, 5.41) is 3.03. The van der Waals surface area contributed by atoms with E-state index in [-0.39, 0.29) is 0 Å². The molecule has 0 unspecified atom stereocenters. The molecule has 0 fully saturated rings. The van der Waals surface area contributed by atoms with Gasteiger partial charge < -0.3 is 0 Å². The molecular formula is C11H10NO3S. The molecule has 0 heterocycles. The topological polar surface area (TPSA) is 46.6 Å². The van der Waals surface area contributed by atoms with E-state index in [2.05, 4.69) is 10.4 Å². The molecule has 2 aromatic rings. The minimum absolute atomic E-state index is 0.688. The Labute approximate surface area is 95.2 Å². The average molecular weight is 236 g/mol. The first kappa shape index (κ1) is 10.9. The largest absolute Gasteiger partial charge is 0.277 e. The predicted molar refractivity (Wildman–Crippen MR) is 62.6 cm³/mol. The predicted octanol–water partition coefficient (Wildman–Crippen LogP) is 1.53. The van der Waals surface area contributed by atoms with Crippen LogP contribution in [0.4, 0.5) is 5.69 Å². The van der Waals surface area contributed by atoms with Crippen LogP contribution in [-0.4, -0.2) is 15.5 Å². The van der Waals surface area contributed by atoms with Crippen molar-refractivity contribution in [2.75, 3.05) is 12.1 Å². The van der Waals surface area contributed by atoms with Gasteiger partial charge in [0.15, 0.2) is 0 Å². The van der Waals surface area contributed by atoms with Gasteiger partial charge in [-0.15, -0.1) is 0 Å². The zero-order valence-corrected chi connectivity index (χ0v) is 9.48. The van der Waals surface area contributed by atoms with Crippen molar-refractivity contribution in [2.45, 2.75) is 0 Å². The Morgan fingerprint density at radius 2 is 2.00 bits per heavy atom. The van der Waals surface area contributed by atoms with Crippen LogP contribution in [0.15, 0.2) is 36.4 Å². The van der Waals surface area contributed by atoms with Crippen molar-refractivity contribution in [3.05, 3.63) is 42.5 Å². The molecule has 0 amide bonds. The Bertz CT molecular complexity index is 567. The average Bonchev–Trinajstić information content (AvgIpc) is 2.27. The van der Waals surface area contributed by atoms with Crippen molar-refractivity contribution >= 4 is 27.4 Å². The number of anilines is 1. The normalized spacial score (nSPS) is 10.9. The summed E-state index contributed by atoms with van der Waals surface area (Å²) < 4.78 is 25.6. The summed E-state index contributed by atoms with van der Waals surface area (Å²) in [6.45, 7) is 0. The zero-order chi connectivity index (χ0) is 11.5. The van der Waals surface area contributed by atoms with Gasteiger partial charge in [0.05, 0.1) is 5.69 Å². The van der Waals surface area contributed by atoms with E-state index in [1.165, 1.54) is 5.06 Å². The molecule has 0 saturated heterocycles. The summed E-state index contributed by atoms with van der Waals surface area (Å²) in [4.78, 5) is 0. The van der Waals surface area contributed by atoms with Crippen LogP contribution in [0.5, 0.6) is 0 Å². The van der Waals surface area contributed by atoms with Gasteiger partial charge in [-0.1, -0.05) is 30.3 Å². The first-order valence-electron chi connectivity index (χ1n) is 4.64. The van der Waals surface area contributed by atoms with E-state index < -0.39 is 11.0 Å². The molecule has 0 bridgehead atoms. The first-order chi connectivity index (χ1) is 7.68. The molecule has 0 aromatic heterocycles. The number of benzene rings is 2. The van der Waals surface area contributed by atoms with Crippen LogP contribution in [0.3, 0.4) is 0 Å². The van der Waals surface area contributed by atoms with Crippen molar-refractivity contribution in [3.8, 4) is 0 Å². The number of nitrogens with zero attached hydrogens (tertiary/aromatic N) is 1. The zero-order valence-electron chi connectivity index (χ0n) is 8.58. The highest BCUT2D eigenvalue weighted by molar-refractivity contribution is 7.67. The van der Waals surface area contributed by atoms with Gasteiger partial charge in [0.2, 0.25) is 0 Å². The third-order valence-corrected chi connectivity index (χ3v) is 2.59. The van der Waals surface area contributed by atoms with Gasteiger partial charge in [0, 0.05) is 12.4 Å². The highest BCUT2D eigenvalue weighted by Gasteiger charge is 2.06. The Morgan fingerprint density at radius 1 is 1.25 bits per heavy atom. The van der Waals surface area contributed by atoms with Gasteiger partial charge in [0.25, 0.3) is 11.0 Å². The van der Waals surface area contributed by atoms with Crippen molar-refractivity contribution in [3.63, 3.8) is 0 Å². The van der Waals surface area contributed by atoms with E-state index in [1.807, 2.05) is 24.3 Å². The fourth-order valence-electron chi connectivity index (χ4n) is 1.55. The highest BCUT2D eigenvalue weighted by Crippen LogP contribution is 2.25. The van der Waals surface area contributed by atoms with Gasteiger partial charge >= 0.3 is 0 Å². The molecular weight excluding hydrogens is 226 g/mol. The lowest BCUT2D eigenvalue weighted by Crippen LogP contribution is -2.16.